The van der Waals surface area contributed by atoms with Crippen LogP contribution in [0.5, 0.6) is 0 Å². The lowest BCUT2D eigenvalue weighted by Gasteiger charge is -2.16. The molecule has 0 aromatic heterocycles. The predicted molar refractivity (Wildman–Crippen MR) is 68.3 cm³/mol. The maximum Gasteiger partial charge on any atom is 0.331 e. The third kappa shape index (κ3) is 2.42. The molecule has 0 radical (unpaired) electrons. The van der Waals surface area contributed by atoms with Gasteiger partial charge in [-0.05, 0) is 49.9 Å². The Morgan fingerprint density at radius 1 is 1.00 bits per heavy atom. The number of carboxylic acids is 1. The van der Waals surface area contributed by atoms with E-state index in [-0.39, 0.29) is 11.4 Å². The Labute approximate surface area is 105 Å². The largest absolute Gasteiger partial charge is 0.478 e. The number of carbonyl (C=O) groups is 2. The predicted octanol–water partition coefficient (Wildman–Crippen LogP) is 2.41. The summed E-state index contributed by atoms with van der Waals surface area (Å²) in [5, 5.41) is 9.12. The Balaban J connectivity index is 2.37. The molecule has 0 heterocycles. The molecule has 1 aliphatic rings. The number of hydrogen-bond acceptors (Lipinski definition) is 3. The number of Topliss-reactive ketones (excluding diaryl/α,β-unsaturated/α-hetero) is 1. The van der Waals surface area contributed by atoms with Crippen molar-refractivity contribution < 1.29 is 14.7 Å². The highest BCUT2D eigenvalue weighted by atomic mass is 16.4. The van der Waals surface area contributed by atoms with Gasteiger partial charge in [-0.25, -0.2) is 4.79 Å². The molecule has 2 rings (SSSR count). The highest BCUT2D eigenvalue weighted by molar-refractivity contribution is 6.12. The van der Waals surface area contributed by atoms with Gasteiger partial charge in [-0.1, -0.05) is 0 Å². The van der Waals surface area contributed by atoms with Crippen molar-refractivity contribution >= 4 is 17.4 Å². The summed E-state index contributed by atoms with van der Waals surface area (Å²) >= 11 is 0. The molecule has 0 bridgehead atoms. The molecule has 0 saturated carbocycles. The van der Waals surface area contributed by atoms with Crippen LogP contribution in [0.1, 0.15) is 36.0 Å². The number of carboxylic acid groups (broad SMARTS) is 1. The Morgan fingerprint density at radius 2 is 1.56 bits per heavy atom. The van der Waals surface area contributed by atoms with Gasteiger partial charge in [0.25, 0.3) is 0 Å². The van der Waals surface area contributed by atoms with Gasteiger partial charge in [0.1, 0.15) is 0 Å². The Morgan fingerprint density at radius 3 is 2.11 bits per heavy atom. The summed E-state index contributed by atoms with van der Waals surface area (Å²) in [4.78, 5) is 23.4. The molecule has 0 fully saturated rings. The number of ketones is 1. The summed E-state index contributed by atoms with van der Waals surface area (Å²) in [6, 6.07) is 6.58. The molecule has 3 N–H and O–H groups in total. The summed E-state index contributed by atoms with van der Waals surface area (Å²) in [5.74, 6) is -1.17. The maximum absolute atomic E-state index is 12.3. The second-order valence-electron chi connectivity index (χ2n) is 4.42. The third-order valence-corrected chi connectivity index (χ3v) is 3.17. The lowest BCUT2D eigenvalue weighted by molar-refractivity contribution is -0.133. The van der Waals surface area contributed by atoms with Crippen LogP contribution in [0.15, 0.2) is 35.4 Å². The van der Waals surface area contributed by atoms with Crippen LogP contribution in [0.2, 0.25) is 0 Å². The molecule has 18 heavy (non-hydrogen) atoms. The molecule has 1 aliphatic carbocycles. The van der Waals surface area contributed by atoms with Crippen LogP contribution in [0.4, 0.5) is 5.69 Å². The molecule has 4 heteroatoms. The van der Waals surface area contributed by atoms with Gasteiger partial charge >= 0.3 is 5.97 Å². The lowest BCUT2D eigenvalue weighted by atomic mass is 9.87. The number of hydrogen-bond donors (Lipinski definition) is 2. The van der Waals surface area contributed by atoms with Crippen LogP contribution in [0, 0.1) is 0 Å². The Hall–Kier alpha value is -2.10. The SMILES string of the molecule is Nc1ccc(C(=O)C2=C(C(=O)O)CCCC2)cc1. The van der Waals surface area contributed by atoms with Gasteiger partial charge < -0.3 is 10.8 Å². The van der Waals surface area contributed by atoms with Crippen LogP contribution >= 0.6 is 0 Å². The van der Waals surface area contributed by atoms with E-state index in [9.17, 15) is 9.59 Å². The number of nitrogen functional groups attached to an aromatic ring is 1. The minimum atomic E-state index is -0.978. The van der Waals surface area contributed by atoms with Crippen molar-refractivity contribution in [3.63, 3.8) is 0 Å². The first-order valence-electron chi connectivity index (χ1n) is 5.95. The lowest BCUT2D eigenvalue weighted by Crippen LogP contribution is -2.15. The summed E-state index contributed by atoms with van der Waals surface area (Å²) in [5.41, 5.74) is 7.36. The van der Waals surface area contributed by atoms with Crippen molar-refractivity contribution in [2.75, 3.05) is 5.73 Å². The van der Waals surface area contributed by atoms with Gasteiger partial charge in [0, 0.05) is 22.4 Å². The quantitative estimate of drug-likeness (QED) is 0.633. The van der Waals surface area contributed by atoms with E-state index in [4.69, 9.17) is 10.8 Å². The Kier molecular flexibility index (Phi) is 3.46. The van der Waals surface area contributed by atoms with Crippen molar-refractivity contribution in [2.45, 2.75) is 25.7 Å². The molecular weight excluding hydrogens is 230 g/mol. The minimum Gasteiger partial charge on any atom is -0.478 e. The number of benzene rings is 1. The van der Waals surface area contributed by atoms with E-state index in [2.05, 4.69) is 0 Å². The number of allylic oxidation sites excluding steroid dienone is 1. The minimum absolute atomic E-state index is 0.188. The fourth-order valence-electron chi connectivity index (χ4n) is 2.20. The molecule has 0 saturated heterocycles. The summed E-state index contributed by atoms with van der Waals surface area (Å²) in [6.45, 7) is 0. The van der Waals surface area contributed by atoms with Gasteiger partial charge in [0.2, 0.25) is 0 Å². The summed E-state index contributed by atoms with van der Waals surface area (Å²) in [7, 11) is 0. The van der Waals surface area contributed by atoms with Crippen molar-refractivity contribution in [3.8, 4) is 0 Å². The normalized spacial score (nSPS) is 15.6. The number of aliphatic carboxylic acids is 1. The molecule has 0 amide bonds. The monoisotopic (exact) mass is 245 g/mol. The van der Waals surface area contributed by atoms with Gasteiger partial charge in [0.15, 0.2) is 5.78 Å². The second-order valence-corrected chi connectivity index (χ2v) is 4.42. The zero-order chi connectivity index (χ0) is 13.1. The topological polar surface area (TPSA) is 80.4 Å². The van der Waals surface area contributed by atoms with Gasteiger partial charge in [-0.2, -0.15) is 0 Å². The van der Waals surface area contributed by atoms with E-state index in [1.165, 1.54) is 0 Å². The van der Waals surface area contributed by atoms with Crippen LogP contribution in [0.25, 0.3) is 0 Å². The molecule has 94 valence electrons. The van der Waals surface area contributed by atoms with E-state index in [0.717, 1.165) is 12.8 Å². The first-order chi connectivity index (χ1) is 8.59. The number of carbonyl (C=O) groups excluding carboxylic acids is 1. The van der Waals surface area contributed by atoms with Gasteiger partial charge in [-0.15, -0.1) is 0 Å². The van der Waals surface area contributed by atoms with Gasteiger partial charge in [-0.3, -0.25) is 4.79 Å². The fourth-order valence-corrected chi connectivity index (χ4v) is 2.20. The zero-order valence-corrected chi connectivity index (χ0v) is 9.98. The van der Waals surface area contributed by atoms with Crippen LogP contribution in [-0.2, 0) is 4.79 Å². The van der Waals surface area contributed by atoms with Crippen molar-refractivity contribution in [1.29, 1.82) is 0 Å². The molecule has 4 nitrogen and oxygen atoms in total. The first kappa shape index (κ1) is 12.4. The molecule has 1 aromatic carbocycles. The van der Waals surface area contributed by atoms with E-state index >= 15 is 0 Å². The fraction of sp³-hybridized carbons (Fsp3) is 0.286. The average Bonchev–Trinajstić information content (AvgIpc) is 2.39. The van der Waals surface area contributed by atoms with Crippen molar-refractivity contribution in [2.24, 2.45) is 0 Å². The smallest absolute Gasteiger partial charge is 0.331 e. The Bertz CT molecular complexity index is 514. The standard InChI is InChI=1S/C14H15NO3/c15-10-7-5-9(6-8-10)13(16)11-3-1-2-4-12(11)14(17)18/h5-8H,1-4,15H2,(H,17,18). The number of nitrogens with two attached hydrogens (primary N) is 1. The van der Waals surface area contributed by atoms with E-state index < -0.39 is 5.97 Å². The first-order valence-corrected chi connectivity index (χ1v) is 5.95. The molecule has 0 atom stereocenters. The second kappa shape index (κ2) is 5.04. The molecule has 0 spiro atoms. The highest BCUT2D eigenvalue weighted by Crippen LogP contribution is 2.27. The van der Waals surface area contributed by atoms with Crippen molar-refractivity contribution in [1.82, 2.24) is 0 Å². The van der Waals surface area contributed by atoms with Crippen LogP contribution in [0.3, 0.4) is 0 Å². The highest BCUT2D eigenvalue weighted by Gasteiger charge is 2.24. The van der Waals surface area contributed by atoms with Crippen LogP contribution in [-0.4, -0.2) is 16.9 Å². The van der Waals surface area contributed by atoms with E-state index in [0.29, 0.717) is 29.7 Å². The summed E-state index contributed by atoms with van der Waals surface area (Å²) < 4.78 is 0. The maximum atomic E-state index is 12.3. The number of rotatable bonds is 3. The van der Waals surface area contributed by atoms with Gasteiger partial charge in [0.05, 0.1) is 0 Å². The average molecular weight is 245 g/mol. The zero-order valence-electron chi connectivity index (χ0n) is 9.98. The van der Waals surface area contributed by atoms with Crippen molar-refractivity contribution in [3.05, 3.63) is 41.0 Å². The third-order valence-electron chi connectivity index (χ3n) is 3.17. The van der Waals surface area contributed by atoms with E-state index in [1.807, 2.05) is 0 Å². The molecule has 0 unspecified atom stereocenters. The molecule has 0 aliphatic heterocycles. The van der Waals surface area contributed by atoms with Crippen LogP contribution < -0.4 is 5.73 Å². The summed E-state index contributed by atoms with van der Waals surface area (Å²) in [6.07, 6.45) is 2.73. The van der Waals surface area contributed by atoms with E-state index in [1.54, 1.807) is 24.3 Å². The molecular formula is C14H15NO3. The molecule has 1 aromatic rings. The number of anilines is 1.